The molecular weight excluding hydrogens is 380 g/mol. The minimum atomic E-state index is -0.108. The molecule has 0 aliphatic carbocycles. The van der Waals surface area contributed by atoms with Crippen molar-refractivity contribution < 1.29 is 0 Å². The molecule has 1 aliphatic rings. The molecule has 1 aliphatic heterocycles. The van der Waals surface area contributed by atoms with Crippen molar-refractivity contribution in [3.05, 3.63) is 64.6 Å². The molecule has 0 N–H and O–H groups in total. The normalized spacial score (nSPS) is 16.5. The molecule has 9 heteroatoms. The molecule has 0 amide bonds. The number of nitrogens with zero attached hydrogens (tertiary/aromatic N) is 8. The van der Waals surface area contributed by atoms with E-state index in [0.717, 1.165) is 47.7 Å². The average molecular weight is 402 g/mol. The Morgan fingerprint density at radius 3 is 2.93 bits per heavy atom. The molecule has 9 nitrogen and oxygen atoms in total. The molecule has 1 unspecified atom stereocenters. The topological polar surface area (TPSA) is 94.1 Å². The molecule has 0 saturated carbocycles. The van der Waals surface area contributed by atoms with Crippen molar-refractivity contribution in [2.45, 2.75) is 39.3 Å². The van der Waals surface area contributed by atoms with Crippen molar-refractivity contribution in [3.8, 4) is 11.3 Å². The highest BCUT2D eigenvalue weighted by molar-refractivity contribution is 5.57. The standard InChI is InChI=1S/C21H22N8O/c1-14-15(2)25-21-23-13-24-29(21)20(14)27-10-4-6-17(27)12-28-19(30)8-7-18(26-28)16-5-3-9-22-11-16/h3,5,7-9,11,13,17H,4,6,10,12H2,1-2H3. The number of pyridine rings is 1. The second kappa shape index (κ2) is 7.33. The Kier molecular flexibility index (Phi) is 4.50. The van der Waals surface area contributed by atoms with Crippen LogP contribution in [-0.2, 0) is 6.54 Å². The van der Waals surface area contributed by atoms with Crippen molar-refractivity contribution >= 4 is 11.6 Å². The first-order valence-electron chi connectivity index (χ1n) is 10.0. The summed E-state index contributed by atoms with van der Waals surface area (Å²) in [7, 11) is 0. The molecule has 1 saturated heterocycles. The highest BCUT2D eigenvalue weighted by Crippen LogP contribution is 2.30. The van der Waals surface area contributed by atoms with E-state index < -0.39 is 0 Å². The van der Waals surface area contributed by atoms with Crippen LogP contribution in [0.1, 0.15) is 24.1 Å². The Balaban J connectivity index is 1.51. The lowest BCUT2D eigenvalue weighted by Crippen LogP contribution is -2.38. The summed E-state index contributed by atoms with van der Waals surface area (Å²) in [5.41, 5.74) is 3.53. The average Bonchev–Trinajstić information content (AvgIpc) is 3.41. The highest BCUT2D eigenvalue weighted by Gasteiger charge is 2.30. The van der Waals surface area contributed by atoms with E-state index in [-0.39, 0.29) is 11.6 Å². The lowest BCUT2D eigenvalue weighted by atomic mass is 10.2. The summed E-state index contributed by atoms with van der Waals surface area (Å²) in [6, 6.07) is 7.26. The second-order valence-electron chi connectivity index (χ2n) is 7.59. The van der Waals surface area contributed by atoms with Gasteiger partial charge in [0.05, 0.1) is 18.3 Å². The van der Waals surface area contributed by atoms with Gasteiger partial charge in [0, 0.05) is 41.8 Å². The summed E-state index contributed by atoms with van der Waals surface area (Å²) < 4.78 is 3.36. The number of anilines is 1. The molecule has 0 bridgehead atoms. The van der Waals surface area contributed by atoms with Gasteiger partial charge >= 0.3 is 0 Å². The molecular formula is C21H22N8O. The molecule has 30 heavy (non-hydrogen) atoms. The highest BCUT2D eigenvalue weighted by atomic mass is 16.1. The predicted molar refractivity (Wildman–Crippen MR) is 112 cm³/mol. The van der Waals surface area contributed by atoms with E-state index in [1.165, 1.54) is 6.33 Å². The molecule has 0 aromatic carbocycles. The molecule has 0 radical (unpaired) electrons. The monoisotopic (exact) mass is 402 g/mol. The molecule has 5 heterocycles. The minimum Gasteiger partial charge on any atom is -0.351 e. The van der Waals surface area contributed by atoms with E-state index in [9.17, 15) is 4.79 Å². The first-order chi connectivity index (χ1) is 14.6. The predicted octanol–water partition coefficient (Wildman–Crippen LogP) is 2.03. The quantitative estimate of drug-likeness (QED) is 0.515. The van der Waals surface area contributed by atoms with Gasteiger partial charge in [0.25, 0.3) is 11.3 Å². The van der Waals surface area contributed by atoms with E-state index in [0.29, 0.717) is 12.3 Å². The fourth-order valence-corrected chi connectivity index (χ4v) is 4.10. The van der Waals surface area contributed by atoms with Crippen LogP contribution < -0.4 is 10.5 Å². The molecule has 0 spiro atoms. The number of hydrogen-bond donors (Lipinski definition) is 0. The van der Waals surface area contributed by atoms with Crippen molar-refractivity contribution in [1.82, 2.24) is 34.3 Å². The van der Waals surface area contributed by atoms with Crippen LogP contribution in [0.4, 0.5) is 5.82 Å². The summed E-state index contributed by atoms with van der Waals surface area (Å²) in [5, 5.41) is 9.01. The summed E-state index contributed by atoms with van der Waals surface area (Å²) in [6.07, 6.45) is 7.02. The van der Waals surface area contributed by atoms with E-state index in [1.807, 2.05) is 19.1 Å². The maximum Gasteiger partial charge on any atom is 0.266 e. The SMILES string of the molecule is Cc1nc2ncnn2c(N2CCCC2Cn2nc(-c3cccnc3)ccc2=O)c1C. The van der Waals surface area contributed by atoms with Gasteiger partial charge in [-0.15, -0.1) is 0 Å². The molecule has 152 valence electrons. The van der Waals surface area contributed by atoms with Crippen LogP contribution in [0, 0.1) is 13.8 Å². The Labute approximate surface area is 173 Å². The Morgan fingerprint density at radius 1 is 1.20 bits per heavy atom. The molecule has 4 aromatic heterocycles. The van der Waals surface area contributed by atoms with Gasteiger partial charge in [-0.3, -0.25) is 9.78 Å². The number of hydrogen-bond acceptors (Lipinski definition) is 7. The van der Waals surface area contributed by atoms with Gasteiger partial charge in [0.2, 0.25) is 0 Å². The summed E-state index contributed by atoms with van der Waals surface area (Å²) in [5.74, 6) is 1.58. The third kappa shape index (κ3) is 3.12. The molecule has 4 aromatic rings. The maximum atomic E-state index is 12.6. The largest absolute Gasteiger partial charge is 0.351 e. The Bertz CT molecular complexity index is 1260. The van der Waals surface area contributed by atoms with Gasteiger partial charge < -0.3 is 4.90 Å². The number of aromatic nitrogens is 7. The second-order valence-corrected chi connectivity index (χ2v) is 7.59. The van der Waals surface area contributed by atoms with E-state index in [2.05, 4.69) is 37.0 Å². The van der Waals surface area contributed by atoms with Gasteiger partial charge in [-0.1, -0.05) is 0 Å². The van der Waals surface area contributed by atoms with Crippen molar-refractivity contribution in [2.24, 2.45) is 0 Å². The fourth-order valence-electron chi connectivity index (χ4n) is 4.10. The van der Waals surface area contributed by atoms with Crippen LogP contribution in [0.2, 0.25) is 0 Å². The molecule has 5 rings (SSSR count). The van der Waals surface area contributed by atoms with Crippen molar-refractivity contribution in [2.75, 3.05) is 11.4 Å². The summed E-state index contributed by atoms with van der Waals surface area (Å²) in [4.78, 5) is 27.8. The van der Waals surface area contributed by atoms with Gasteiger partial charge in [0.15, 0.2) is 0 Å². The third-order valence-corrected chi connectivity index (χ3v) is 5.73. The van der Waals surface area contributed by atoms with Crippen LogP contribution in [0.15, 0.2) is 47.8 Å². The zero-order chi connectivity index (χ0) is 20.7. The smallest absolute Gasteiger partial charge is 0.266 e. The summed E-state index contributed by atoms with van der Waals surface area (Å²) in [6.45, 7) is 5.44. The zero-order valence-electron chi connectivity index (χ0n) is 16.9. The lowest BCUT2D eigenvalue weighted by Gasteiger charge is -2.28. The minimum absolute atomic E-state index is 0.108. The zero-order valence-corrected chi connectivity index (χ0v) is 16.9. The van der Waals surface area contributed by atoms with Crippen LogP contribution in [0.5, 0.6) is 0 Å². The molecule has 1 atom stereocenters. The number of fused-ring (bicyclic) bond motifs is 1. The fraction of sp³-hybridized carbons (Fsp3) is 0.333. The first-order valence-corrected chi connectivity index (χ1v) is 10.0. The summed E-state index contributed by atoms with van der Waals surface area (Å²) >= 11 is 0. The molecule has 1 fully saturated rings. The Hall–Kier alpha value is -3.62. The number of aryl methyl sites for hydroxylation is 1. The van der Waals surface area contributed by atoms with Crippen LogP contribution in [-0.4, -0.2) is 46.9 Å². The van der Waals surface area contributed by atoms with Crippen LogP contribution in [0.25, 0.3) is 17.0 Å². The van der Waals surface area contributed by atoms with Crippen molar-refractivity contribution in [1.29, 1.82) is 0 Å². The number of rotatable bonds is 4. The van der Waals surface area contributed by atoms with Gasteiger partial charge in [-0.25, -0.2) is 9.67 Å². The van der Waals surface area contributed by atoms with E-state index >= 15 is 0 Å². The van der Waals surface area contributed by atoms with E-state index in [1.54, 1.807) is 33.7 Å². The van der Waals surface area contributed by atoms with Crippen molar-refractivity contribution in [3.63, 3.8) is 0 Å². The first kappa shape index (κ1) is 18.4. The van der Waals surface area contributed by atoms with Gasteiger partial charge in [-0.05, 0) is 44.9 Å². The lowest BCUT2D eigenvalue weighted by molar-refractivity contribution is 0.486. The van der Waals surface area contributed by atoms with Crippen LogP contribution in [0.3, 0.4) is 0 Å². The van der Waals surface area contributed by atoms with E-state index in [4.69, 9.17) is 0 Å². The van der Waals surface area contributed by atoms with Gasteiger partial charge in [-0.2, -0.15) is 19.7 Å². The third-order valence-electron chi connectivity index (χ3n) is 5.73. The maximum absolute atomic E-state index is 12.6. The Morgan fingerprint density at radius 2 is 2.10 bits per heavy atom. The van der Waals surface area contributed by atoms with Gasteiger partial charge in [0.1, 0.15) is 12.1 Å². The van der Waals surface area contributed by atoms with Crippen LogP contribution >= 0.6 is 0 Å².